The third kappa shape index (κ3) is 1.94. The molecule has 16 heavy (non-hydrogen) atoms. The second-order valence-electron chi connectivity index (χ2n) is 4.24. The lowest BCUT2D eigenvalue weighted by molar-refractivity contribution is 0.0908. The Morgan fingerprint density at radius 3 is 2.62 bits per heavy atom. The summed E-state index contributed by atoms with van der Waals surface area (Å²) in [5.41, 5.74) is 12.1. The molecule has 0 spiro atoms. The van der Waals surface area contributed by atoms with Crippen LogP contribution in [0.1, 0.15) is 23.2 Å². The molecule has 1 fully saturated rings. The molecule has 1 aromatic rings. The Hall–Kier alpha value is -1.75. The number of carbonyl (C=O) groups is 1. The summed E-state index contributed by atoms with van der Waals surface area (Å²) in [5, 5.41) is 11.9. The molecule has 5 heteroatoms. The van der Waals surface area contributed by atoms with Crippen molar-refractivity contribution in [1.82, 2.24) is 5.32 Å². The van der Waals surface area contributed by atoms with E-state index in [9.17, 15) is 4.79 Å². The number of nitrogens with one attached hydrogen (secondary N) is 1. The number of nitrogen functional groups attached to an aromatic ring is 2. The maximum atomic E-state index is 11.8. The van der Waals surface area contributed by atoms with Crippen molar-refractivity contribution < 1.29 is 9.90 Å². The molecule has 0 radical (unpaired) electrons. The maximum absolute atomic E-state index is 11.8. The second-order valence-corrected chi connectivity index (χ2v) is 4.24. The fourth-order valence-corrected chi connectivity index (χ4v) is 1.57. The molecule has 0 unspecified atom stereocenters. The van der Waals surface area contributed by atoms with Gasteiger partial charge in [0.05, 0.1) is 17.7 Å². The molecule has 2 rings (SSSR count). The topological polar surface area (TPSA) is 101 Å². The molecule has 1 aliphatic carbocycles. The summed E-state index contributed by atoms with van der Waals surface area (Å²) in [4.78, 5) is 11.8. The van der Waals surface area contributed by atoms with E-state index in [0.717, 1.165) is 12.8 Å². The van der Waals surface area contributed by atoms with Crippen LogP contribution in [0.25, 0.3) is 0 Å². The van der Waals surface area contributed by atoms with Crippen LogP contribution in [0.4, 0.5) is 11.4 Å². The maximum Gasteiger partial charge on any atom is 0.253 e. The molecule has 0 bridgehead atoms. The lowest BCUT2D eigenvalue weighted by atomic mass is 10.1. The first-order valence-electron chi connectivity index (χ1n) is 5.15. The lowest BCUT2D eigenvalue weighted by Crippen LogP contribution is -2.39. The van der Waals surface area contributed by atoms with Gasteiger partial charge in [-0.25, -0.2) is 0 Å². The summed E-state index contributed by atoms with van der Waals surface area (Å²) >= 11 is 0. The van der Waals surface area contributed by atoms with Gasteiger partial charge in [0.15, 0.2) is 0 Å². The predicted molar refractivity (Wildman–Crippen MR) is 61.8 cm³/mol. The van der Waals surface area contributed by atoms with Crippen LogP contribution >= 0.6 is 0 Å². The van der Waals surface area contributed by atoms with E-state index in [1.165, 1.54) is 0 Å². The molecule has 86 valence electrons. The highest BCUT2D eigenvalue weighted by atomic mass is 16.3. The number of hydrogen-bond acceptors (Lipinski definition) is 4. The van der Waals surface area contributed by atoms with Crippen LogP contribution in [0.5, 0.6) is 0 Å². The Kier molecular flexibility index (Phi) is 2.47. The summed E-state index contributed by atoms with van der Waals surface area (Å²) in [6.07, 6.45) is 1.62. The van der Waals surface area contributed by atoms with E-state index < -0.39 is 5.54 Å². The summed E-state index contributed by atoms with van der Waals surface area (Å²) in [5.74, 6) is -0.260. The lowest BCUT2D eigenvalue weighted by Gasteiger charge is -2.15. The molecule has 1 amide bonds. The number of carbonyl (C=O) groups excluding carboxylic acids is 1. The van der Waals surface area contributed by atoms with Gasteiger partial charge in [-0.15, -0.1) is 0 Å². The van der Waals surface area contributed by atoms with Crippen molar-refractivity contribution in [3.05, 3.63) is 23.8 Å². The highest BCUT2D eigenvalue weighted by molar-refractivity contribution is 6.00. The van der Waals surface area contributed by atoms with E-state index >= 15 is 0 Å². The Bertz CT molecular complexity index is 427. The van der Waals surface area contributed by atoms with Crippen molar-refractivity contribution in [2.75, 3.05) is 18.1 Å². The fraction of sp³-hybridized carbons (Fsp3) is 0.364. The Labute approximate surface area is 93.4 Å². The van der Waals surface area contributed by atoms with Gasteiger partial charge >= 0.3 is 0 Å². The van der Waals surface area contributed by atoms with E-state index in [0.29, 0.717) is 16.9 Å². The van der Waals surface area contributed by atoms with Gasteiger partial charge in [0.25, 0.3) is 5.91 Å². The molecule has 6 N–H and O–H groups in total. The molecule has 5 nitrogen and oxygen atoms in total. The zero-order chi connectivity index (χ0) is 11.8. The van der Waals surface area contributed by atoms with E-state index in [1.807, 2.05) is 0 Å². The number of nitrogens with two attached hydrogens (primary N) is 2. The van der Waals surface area contributed by atoms with Crippen LogP contribution in [-0.4, -0.2) is 23.2 Å². The zero-order valence-corrected chi connectivity index (χ0v) is 8.86. The highest BCUT2D eigenvalue weighted by Gasteiger charge is 2.43. The molecule has 0 aromatic heterocycles. The van der Waals surface area contributed by atoms with E-state index in [1.54, 1.807) is 18.2 Å². The molecule has 0 saturated heterocycles. The van der Waals surface area contributed by atoms with Gasteiger partial charge in [-0.1, -0.05) is 0 Å². The quantitative estimate of drug-likeness (QED) is 0.544. The van der Waals surface area contributed by atoms with Crippen molar-refractivity contribution in [2.45, 2.75) is 18.4 Å². The SMILES string of the molecule is Nc1ccc(C(=O)NC2(CO)CC2)c(N)c1. The fourth-order valence-electron chi connectivity index (χ4n) is 1.57. The Balaban J connectivity index is 2.15. The smallest absolute Gasteiger partial charge is 0.253 e. The van der Waals surface area contributed by atoms with Crippen molar-refractivity contribution in [3.8, 4) is 0 Å². The Morgan fingerprint density at radius 1 is 1.44 bits per heavy atom. The van der Waals surface area contributed by atoms with Crippen molar-refractivity contribution >= 4 is 17.3 Å². The number of aliphatic hydroxyl groups excluding tert-OH is 1. The van der Waals surface area contributed by atoms with Crippen LogP contribution in [0.3, 0.4) is 0 Å². The van der Waals surface area contributed by atoms with Gasteiger partial charge in [-0.05, 0) is 31.0 Å². The number of amides is 1. The molecule has 0 heterocycles. The number of hydrogen-bond donors (Lipinski definition) is 4. The van der Waals surface area contributed by atoms with Crippen molar-refractivity contribution in [3.63, 3.8) is 0 Å². The first-order valence-corrected chi connectivity index (χ1v) is 5.15. The summed E-state index contributed by atoms with van der Waals surface area (Å²) in [6.45, 7) is -0.0341. The van der Waals surface area contributed by atoms with Crippen LogP contribution in [0.2, 0.25) is 0 Å². The van der Waals surface area contributed by atoms with Crippen molar-refractivity contribution in [2.24, 2.45) is 0 Å². The third-order valence-electron chi connectivity index (χ3n) is 2.86. The molecule has 0 aliphatic heterocycles. The normalized spacial score (nSPS) is 16.8. The van der Waals surface area contributed by atoms with Gasteiger partial charge in [0, 0.05) is 11.4 Å². The summed E-state index contributed by atoms with van der Waals surface area (Å²) < 4.78 is 0. The van der Waals surface area contributed by atoms with Gasteiger partial charge in [-0.2, -0.15) is 0 Å². The van der Waals surface area contributed by atoms with Crippen LogP contribution in [0, 0.1) is 0 Å². The highest BCUT2D eigenvalue weighted by Crippen LogP contribution is 2.35. The molecule has 1 aliphatic rings. The van der Waals surface area contributed by atoms with Crippen LogP contribution < -0.4 is 16.8 Å². The number of benzene rings is 1. The van der Waals surface area contributed by atoms with Crippen molar-refractivity contribution in [1.29, 1.82) is 0 Å². The monoisotopic (exact) mass is 221 g/mol. The average Bonchev–Trinajstić information content (AvgIpc) is 2.98. The predicted octanol–water partition coefficient (Wildman–Crippen LogP) is 0.106. The standard InChI is InChI=1S/C11H15N3O2/c12-7-1-2-8(9(13)5-7)10(16)14-11(6-15)3-4-11/h1-2,5,15H,3-4,6,12-13H2,(H,14,16). The average molecular weight is 221 g/mol. The number of rotatable bonds is 3. The minimum atomic E-state index is -0.426. The molecule has 0 atom stereocenters. The zero-order valence-electron chi connectivity index (χ0n) is 8.86. The van der Waals surface area contributed by atoms with E-state index in [-0.39, 0.29) is 12.5 Å². The largest absolute Gasteiger partial charge is 0.399 e. The van der Waals surface area contributed by atoms with E-state index in [4.69, 9.17) is 16.6 Å². The molecular weight excluding hydrogens is 206 g/mol. The van der Waals surface area contributed by atoms with Gasteiger partial charge in [-0.3, -0.25) is 4.79 Å². The van der Waals surface area contributed by atoms with Gasteiger partial charge in [0.2, 0.25) is 0 Å². The van der Waals surface area contributed by atoms with E-state index in [2.05, 4.69) is 5.32 Å². The summed E-state index contributed by atoms with van der Waals surface area (Å²) in [6, 6.07) is 4.77. The van der Waals surface area contributed by atoms with Crippen LogP contribution in [-0.2, 0) is 0 Å². The minimum Gasteiger partial charge on any atom is -0.399 e. The number of anilines is 2. The minimum absolute atomic E-state index is 0.0341. The molecule has 1 saturated carbocycles. The third-order valence-corrected chi connectivity index (χ3v) is 2.86. The first kappa shape index (κ1) is 10.8. The van der Waals surface area contributed by atoms with Gasteiger partial charge < -0.3 is 21.9 Å². The first-order chi connectivity index (χ1) is 7.56. The van der Waals surface area contributed by atoms with Gasteiger partial charge in [0.1, 0.15) is 0 Å². The second kappa shape index (κ2) is 3.68. The number of aliphatic hydroxyl groups is 1. The van der Waals surface area contributed by atoms with Crippen LogP contribution in [0.15, 0.2) is 18.2 Å². The Morgan fingerprint density at radius 2 is 2.12 bits per heavy atom. The molecule has 1 aromatic carbocycles. The molecular formula is C11H15N3O2. The summed E-state index contributed by atoms with van der Waals surface area (Å²) in [7, 11) is 0.